The van der Waals surface area contributed by atoms with Crippen molar-refractivity contribution in [1.29, 1.82) is 0 Å². The lowest BCUT2D eigenvalue weighted by Crippen LogP contribution is -2.47. The summed E-state index contributed by atoms with van der Waals surface area (Å²) < 4.78 is 13.6. The number of nitrogens with zero attached hydrogens (tertiary/aromatic N) is 3. The lowest BCUT2D eigenvalue weighted by molar-refractivity contribution is 0.0664. The summed E-state index contributed by atoms with van der Waals surface area (Å²) in [5.41, 5.74) is 8.61. The minimum atomic E-state index is -0.449. The largest absolute Gasteiger partial charge is 0.396 e. The van der Waals surface area contributed by atoms with E-state index in [4.69, 9.17) is 5.73 Å². The van der Waals surface area contributed by atoms with E-state index >= 15 is 0 Å². The summed E-state index contributed by atoms with van der Waals surface area (Å²) in [5, 5.41) is 0.635. The number of carbonyl (C=O) groups is 1. The van der Waals surface area contributed by atoms with Gasteiger partial charge in [-0.1, -0.05) is 0 Å². The lowest BCUT2D eigenvalue weighted by atomic mass is 10.1. The van der Waals surface area contributed by atoms with E-state index in [0.717, 1.165) is 13.1 Å². The number of hydrogen-bond donors (Lipinski definition) is 3. The molecule has 2 aromatic carbocycles. The van der Waals surface area contributed by atoms with E-state index in [9.17, 15) is 14.0 Å². The van der Waals surface area contributed by atoms with Crippen LogP contribution in [0.25, 0.3) is 33.3 Å². The van der Waals surface area contributed by atoms with Gasteiger partial charge in [0.05, 0.1) is 22.4 Å². The van der Waals surface area contributed by atoms with E-state index in [-0.39, 0.29) is 11.6 Å². The fourth-order valence-corrected chi connectivity index (χ4v) is 3.95. The van der Waals surface area contributed by atoms with Crippen molar-refractivity contribution in [2.24, 2.45) is 0 Å². The monoisotopic (exact) mass is 420 g/mol. The van der Waals surface area contributed by atoms with Crippen LogP contribution in [-0.2, 0) is 0 Å². The maximum Gasteiger partial charge on any atom is 0.276 e. The topological polar surface area (TPSA) is 111 Å². The maximum absolute atomic E-state index is 13.6. The van der Waals surface area contributed by atoms with E-state index in [0.29, 0.717) is 52.0 Å². The van der Waals surface area contributed by atoms with Crippen molar-refractivity contribution in [1.82, 2.24) is 24.8 Å². The predicted octanol–water partition coefficient (Wildman–Crippen LogP) is 2.18. The Labute approximate surface area is 176 Å². The third kappa shape index (κ3) is 3.32. The molecule has 5 rings (SSSR count). The zero-order valence-electron chi connectivity index (χ0n) is 16.9. The molecule has 1 aliphatic rings. The number of aromatic amines is 2. The van der Waals surface area contributed by atoms with Gasteiger partial charge >= 0.3 is 0 Å². The first kappa shape index (κ1) is 19.3. The number of aromatic nitrogens is 3. The number of carbonyl (C=O) groups excluding carboxylic acids is 1. The Balaban J connectivity index is 1.56. The normalized spacial score (nSPS) is 15.1. The molecular formula is C22H21FN6O2. The highest BCUT2D eigenvalue weighted by molar-refractivity contribution is 6.04. The van der Waals surface area contributed by atoms with Crippen molar-refractivity contribution >= 4 is 33.5 Å². The van der Waals surface area contributed by atoms with Crippen LogP contribution in [0.15, 0.2) is 41.2 Å². The van der Waals surface area contributed by atoms with Crippen molar-refractivity contribution < 1.29 is 9.18 Å². The average Bonchev–Trinajstić information content (AvgIpc) is 3.09. The molecule has 0 radical (unpaired) electrons. The molecule has 0 bridgehead atoms. The highest BCUT2D eigenvalue weighted by atomic mass is 19.1. The smallest absolute Gasteiger partial charge is 0.276 e. The number of amides is 1. The summed E-state index contributed by atoms with van der Waals surface area (Å²) in [4.78, 5) is 39.7. The van der Waals surface area contributed by atoms with Gasteiger partial charge in [-0.3, -0.25) is 9.59 Å². The molecule has 0 unspecified atom stereocenters. The van der Waals surface area contributed by atoms with Gasteiger partial charge in [-0.25, -0.2) is 9.37 Å². The van der Waals surface area contributed by atoms with Crippen LogP contribution in [0.4, 0.5) is 10.1 Å². The van der Waals surface area contributed by atoms with Crippen molar-refractivity contribution in [3.05, 3.63) is 58.1 Å². The van der Waals surface area contributed by atoms with Crippen LogP contribution in [0.2, 0.25) is 0 Å². The molecule has 0 saturated carbocycles. The van der Waals surface area contributed by atoms with Crippen molar-refractivity contribution in [3.8, 4) is 11.4 Å². The third-order valence-electron chi connectivity index (χ3n) is 5.77. The number of H-pyrrole nitrogens is 2. The predicted molar refractivity (Wildman–Crippen MR) is 117 cm³/mol. The number of hydrogen-bond acceptors (Lipinski definition) is 5. The SMILES string of the molecule is CN1CCN(C(=O)c2ccc3[nH]c(-c4nc5cc(F)ccc5[nH]c4=O)c(N)c3c2)CC1. The maximum atomic E-state index is 13.6. The van der Waals surface area contributed by atoms with Crippen LogP contribution >= 0.6 is 0 Å². The minimum Gasteiger partial charge on any atom is -0.396 e. The Bertz CT molecular complexity index is 1380. The molecule has 0 atom stereocenters. The molecule has 4 N–H and O–H groups in total. The summed E-state index contributed by atoms with van der Waals surface area (Å²) in [6, 6.07) is 9.23. The fraction of sp³-hybridized carbons (Fsp3) is 0.227. The number of rotatable bonds is 2. The van der Waals surface area contributed by atoms with Gasteiger partial charge in [-0.05, 0) is 37.4 Å². The minimum absolute atomic E-state index is 0.0469. The van der Waals surface area contributed by atoms with Gasteiger partial charge in [0, 0.05) is 48.7 Å². The van der Waals surface area contributed by atoms with E-state index in [1.54, 1.807) is 18.2 Å². The second-order valence-corrected chi connectivity index (χ2v) is 7.85. The first-order valence-corrected chi connectivity index (χ1v) is 9.99. The van der Waals surface area contributed by atoms with Gasteiger partial charge in [0.2, 0.25) is 0 Å². The van der Waals surface area contributed by atoms with Crippen LogP contribution in [0, 0.1) is 5.82 Å². The Morgan fingerprint density at radius 3 is 2.58 bits per heavy atom. The van der Waals surface area contributed by atoms with Crippen LogP contribution in [0.5, 0.6) is 0 Å². The first-order valence-electron chi connectivity index (χ1n) is 9.99. The van der Waals surface area contributed by atoms with Crippen LogP contribution in [0.3, 0.4) is 0 Å². The molecule has 31 heavy (non-hydrogen) atoms. The Kier molecular flexibility index (Phi) is 4.48. The summed E-state index contributed by atoms with van der Waals surface area (Å²) >= 11 is 0. The molecule has 1 saturated heterocycles. The second kappa shape index (κ2) is 7.21. The Hall–Kier alpha value is -3.72. The number of nitrogen functional groups attached to an aromatic ring is 1. The average molecular weight is 420 g/mol. The molecular weight excluding hydrogens is 399 g/mol. The van der Waals surface area contributed by atoms with E-state index in [2.05, 4.69) is 19.9 Å². The van der Waals surface area contributed by atoms with Crippen molar-refractivity contribution in [2.75, 3.05) is 39.0 Å². The molecule has 1 aliphatic heterocycles. The lowest BCUT2D eigenvalue weighted by Gasteiger charge is -2.32. The highest BCUT2D eigenvalue weighted by Crippen LogP contribution is 2.31. The highest BCUT2D eigenvalue weighted by Gasteiger charge is 2.22. The fourth-order valence-electron chi connectivity index (χ4n) is 3.95. The zero-order valence-corrected chi connectivity index (χ0v) is 16.9. The summed E-state index contributed by atoms with van der Waals surface area (Å²) in [7, 11) is 2.03. The number of fused-ring (bicyclic) bond motifs is 2. The number of likely N-dealkylation sites (N-methyl/N-ethyl adjacent to an activating group) is 1. The Morgan fingerprint density at radius 1 is 1.06 bits per heavy atom. The molecule has 0 aliphatic carbocycles. The van der Waals surface area contributed by atoms with Gasteiger partial charge < -0.3 is 25.5 Å². The number of nitrogens with two attached hydrogens (primary N) is 1. The zero-order chi connectivity index (χ0) is 21.7. The van der Waals surface area contributed by atoms with Crippen LogP contribution in [0.1, 0.15) is 10.4 Å². The first-order chi connectivity index (χ1) is 14.9. The molecule has 158 valence electrons. The van der Waals surface area contributed by atoms with Gasteiger partial charge in [0.25, 0.3) is 11.5 Å². The van der Waals surface area contributed by atoms with E-state index < -0.39 is 11.4 Å². The number of halogens is 1. The number of benzene rings is 2. The molecule has 8 nitrogen and oxygen atoms in total. The van der Waals surface area contributed by atoms with Crippen molar-refractivity contribution in [2.45, 2.75) is 0 Å². The van der Waals surface area contributed by atoms with Gasteiger partial charge in [-0.2, -0.15) is 0 Å². The third-order valence-corrected chi connectivity index (χ3v) is 5.77. The van der Waals surface area contributed by atoms with Gasteiger partial charge in [-0.15, -0.1) is 0 Å². The molecule has 4 aromatic rings. The summed E-state index contributed by atoms with van der Waals surface area (Å²) in [6.45, 7) is 3.02. The molecule has 3 heterocycles. The number of nitrogens with one attached hydrogen (secondary N) is 2. The number of anilines is 1. The number of piperazine rings is 1. The molecule has 9 heteroatoms. The molecule has 1 fully saturated rings. The van der Waals surface area contributed by atoms with Crippen molar-refractivity contribution in [3.63, 3.8) is 0 Å². The van der Waals surface area contributed by atoms with Crippen LogP contribution < -0.4 is 11.3 Å². The standard InChI is InChI=1S/C22H21FN6O2/c1-28-6-8-29(9-7-28)22(31)12-2-4-15-14(10-12)18(24)19(25-15)20-21(30)27-16-5-3-13(23)11-17(16)26-20/h2-5,10-11,25H,6-9,24H2,1H3,(H,27,30). The Morgan fingerprint density at radius 2 is 1.81 bits per heavy atom. The van der Waals surface area contributed by atoms with E-state index in [1.165, 1.54) is 18.2 Å². The van der Waals surface area contributed by atoms with Gasteiger partial charge in [0.1, 0.15) is 5.82 Å². The summed E-state index contributed by atoms with van der Waals surface area (Å²) in [6.07, 6.45) is 0. The summed E-state index contributed by atoms with van der Waals surface area (Å²) in [5.74, 6) is -0.496. The van der Waals surface area contributed by atoms with E-state index in [1.807, 2.05) is 11.9 Å². The molecule has 1 amide bonds. The van der Waals surface area contributed by atoms with Crippen LogP contribution in [-0.4, -0.2) is 63.9 Å². The molecule has 2 aromatic heterocycles. The quantitative estimate of drug-likeness (QED) is 0.460. The second-order valence-electron chi connectivity index (χ2n) is 7.85. The van der Waals surface area contributed by atoms with Gasteiger partial charge in [0.15, 0.2) is 5.69 Å². The molecule has 0 spiro atoms.